The molecule has 0 spiro atoms. The Kier molecular flexibility index (Phi) is 6.23. The first-order valence-corrected chi connectivity index (χ1v) is 8.18. The van der Waals surface area contributed by atoms with Gasteiger partial charge in [0.05, 0.1) is 5.56 Å². The summed E-state index contributed by atoms with van der Waals surface area (Å²) in [6, 6.07) is 13.2. The monoisotopic (exact) mass is 374 g/mol. The van der Waals surface area contributed by atoms with Crippen molar-refractivity contribution >= 4 is 18.3 Å². The predicted molar refractivity (Wildman–Crippen MR) is 103 cm³/mol. The summed E-state index contributed by atoms with van der Waals surface area (Å²) in [7, 11) is 0. The quantitative estimate of drug-likeness (QED) is 0.717. The fraction of sp³-hybridized carbons (Fsp3) is 0.263. The lowest BCUT2D eigenvalue weighted by molar-refractivity contribution is 0.0950. The van der Waals surface area contributed by atoms with Crippen molar-refractivity contribution in [1.82, 2.24) is 15.0 Å². The van der Waals surface area contributed by atoms with Crippen LogP contribution in [0, 0.1) is 20.8 Å². The topological polar surface area (TPSA) is 86.1 Å². The van der Waals surface area contributed by atoms with Gasteiger partial charge in [-0.25, -0.2) is 0 Å². The zero-order valence-corrected chi connectivity index (χ0v) is 15.8. The number of aromatic nitrogens is 2. The van der Waals surface area contributed by atoms with Crippen LogP contribution in [0.3, 0.4) is 0 Å². The normalized spacial score (nSPS) is 11.7. The minimum absolute atomic E-state index is 0. The number of amides is 1. The van der Waals surface area contributed by atoms with E-state index in [0.29, 0.717) is 17.9 Å². The number of nitrogens with zero attached hydrogens (tertiary/aromatic N) is 2. The maximum Gasteiger partial charge on any atom is 0.253 e. The second-order valence-corrected chi connectivity index (χ2v) is 6.14. The van der Waals surface area contributed by atoms with Crippen LogP contribution in [0.2, 0.25) is 0 Å². The number of aryl methyl sites for hydroxylation is 2. The molecule has 3 rings (SSSR count). The first kappa shape index (κ1) is 19.8. The minimum Gasteiger partial charge on any atom is -0.360 e. The Morgan fingerprint density at radius 2 is 1.92 bits per heavy atom. The molecule has 1 aromatic carbocycles. The van der Waals surface area contributed by atoms with Crippen molar-refractivity contribution in [1.29, 1.82) is 0 Å². The first-order valence-electron chi connectivity index (χ1n) is 8.18. The lowest BCUT2D eigenvalue weighted by Gasteiger charge is -2.13. The van der Waals surface area contributed by atoms with Gasteiger partial charge in [0.25, 0.3) is 5.91 Å². The van der Waals surface area contributed by atoms with Crippen molar-refractivity contribution in [2.45, 2.75) is 26.8 Å². The summed E-state index contributed by atoms with van der Waals surface area (Å²) in [6.07, 6.45) is 0. The van der Waals surface area contributed by atoms with E-state index in [4.69, 9.17) is 10.3 Å². The molecular formula is C19H23ClN4O2. The van der Waals surface area contributed by atoms with Gasteiger partial charge in [-0.05, 0) is 32.4 Å². The largest absolute Gasteiger partial charge is 0.360 e. The van der Waals surface area contributed by atoms with Gasteiger partial charge < -0.3 is 15.6 Å². The summed E-state index contributed by atoms with van der Waals surface area (Å²) in [5.74, 6) is 1.25. The van der Waals surface area contributed by atoms with Crippen LogP contribution in [0.15, 0.2) is 47.0 Å². The molecule has 0 saturated heterocycles. The van der Waals surface area contributed by atoms with Crippen LogP contribution in [0.5, 0.6) is 0 Å². The Balaban J connectivity index is 0.00000243. The molecule has 2 heterocycles. The number of hydrogen-bond acceptors (Lipinski definition) is 4. The van der Waals surface area contributed by atoms with Crippen LogP contribution in [-0.2, 0) is 0 Å². The van der Waals surface area contributed by atoms with Crippen LogP contribution < -0.4 is 11.1 Å². The standard InChI is InChI=1S/C19H22N4O2.ClH/c1-12-9-16(14(3)23(12)18-10-13(2)25-22-18)19(24)21-11-17(20)15-7-5-4-6-8-15;/h4-10,17H,11,20H2,1-3H3,(H,21,24);1H. The van der Waals surface area contributed by atoms with Gasteiger partial charge in [-0.1, -0.05) is 35.5 Å². The molecule has 138 valence electrons. The van der Waals surface area contributed by atoms with E-state index < -0.39 is 0 Å². The highest BCUT2D eigenvalue weighted by atomic mass is 35.5. The third-order valence-electron chi connectivity index (χ3n) is 4.23. The Morgan fingerprint density at radius 3 is 2.54 bits per heavy atom. The molecule has 0 aliphatic rings. The molecule has 0 aliphatic heterocycles. The maximum absolute atomic E-state index is 12.6. The molecule has 26 heavy (non-hydrogen) atoms. The van der Waals surface area contributed by atoms with Crippen molar-refractivity contribution in [2.75, 3.05) is 6.54 Å². The average Bonchev–Trinajstić information content (AvgIpc) is 3.15. The molecular weight excluding hydrogens is 352 g/mol. The molecule has 0 bridgehead atoms. The smallest absolute Gasteiger partial charge is 0.253 e. The van der Waals surface area contributed by atoms with Gasteiger partial charge in [0.1, 0.15) is 5.76 Å². The van der Waals surface area contributed by atoms with Gasteiger partial charge in [0.15, 0.2) is 5.82 Å². The lowest BCUT2D eigenvalue weighted by atomic mass is 10.1. The SMILES string of the molecule is Cc1cc(-n2c(C)cc(C(=O)NCC(N)c3ccccc3)c2C)no1.Cl. The summed E-state index contributed by atoms with van der Waals surface area (Å²) in [6.45, 7) is 6.03. The lowest BCUT2D eigenvalue weighted by Crippen LogP contribution is -2.32. The highest BCUT2D eigenvalue weighted by Gasteiger charge is 2.19. The van der Waals surface area contributed by atoms with Gasteiger partial charge in [0, 0.05) is 30.0 Å². The Morgan fingerprint density at radius 1 is 1.23 bits per heavy atom. The molecule has 0 aliphatic carbocycles. The van der Waals surface area contributed by atoms with Crippen molar-refractivity contribution in [3.63, 3.8) is 0 Å². The number of rotatable bonds is 5. The van der Waals surface area contributed by atoms with E-state index >= 15 is 0 Å². The molecule has 0 saturated carbocycles. The number of carbonyl (C=O) groups is 1. The van der Waals surface area contributed by atoms with Gasteiger partial charge >= 0.3 is 0 Å². The summed E-state index contributed by atoms with van der Waals surface area (Å²) < 4.78 is 7.04. The van der Waals surface area contributed by atoms with Crippen LogP contribution in [0.4, 0.5) is 0 Å². The molecule has 6 nitrogen and oxygen atoms in total. The molecule has 3 aromatic rings. The Hall–Kier alpha value is -2.57. The van der Waals surface area contributed by atoms with E-state index in [-0.39, 0.29) is 24.4 Å². The molecule has 1 atom stereocenters. The zero-order chi connectivity index (χ0) is 18.0. The molecule has 0 radical (unpaired) electrons. The van der Waals surface area contributed by atoms with Crippen LogP contribution in [0.1, 0.15) is 39.1 Å². The second kappa shape index (κ2) is 8.21. The average molecular weight is 375 g/mol. The third-order valence-corrected chi connectivity index (χ3v) is 4.23. The zero-order valence-electron chi connectivity index (χ0n) is 15.0. The van der Waals surface area contributed by atoms with E-state index in [9.17, 15) is 4.79 Å². The number of benzene rings is 1. The minimum atomic E-state index is -0.244. The van der Waals surface area contributed by atoms with E-state index in [1.54, 1.807) is 0 Å². The van der Waals surface area contributed by atoms with Crippen molar-refractivity contribution in [3.8, 4) is 5.82 Å². The number of halogens is 1. The fourth-order valence-electron chi connectivity index (χ4n) is 2.92. The Bertz CT molecular complexity index is 886. The van der Waals surface area contributed by atoms with E-state index in [1.807, 2.05) is 67.8 Å². The molecule has 0 fully saturated rings. The molecule has 1 amide bonds. The molecule has 3 N–H and O–H groups in total. The van der Waals surface area contributed by atoms with Crippen LogP contribution in [0.25, 0.3) is 5.82 Å². The van der Waals surface area contributed by atoms with Crippen LogP contribution in [-0.4, -0.2) is 22.2 Å². The van der Waals surface area contributed by atoms with Gasteiger partial charge in [0.2, 0.25) is 0 Å². The summed E-state index contributed by atoms with van der Waals surface area (Å²) in [4.78, 5) is 12.6. The first-order chi connectivity index (χ1) is 12.0. The summed E-state index contributed by atoms with van der Waals surface area (Å²) >= 11 is 0. The summed E-state index contributed by atoms with van der Waals surface area (Å²) in [5.41, 5.74) is 9.48. The third kappa shape index (κ3) is 3.98. The van der Waals surface area contributed by atoms with Gasteiger partial charge in [-0.15, -0.1) is 12.4 Å². The fourth-order valence-corrected chi connectivity index (χ4v) is 2.92. The predicted octanol–water partition coefficient (Wildman–Crippen LogP) is 3.24. The van der Waals surface area contributed by atoms with Gasteiger partial charge in [-0.3, -0.25) is 9.36 Å². The van der Waals surface area contributed by atoms with Crippen molar-refractivity contribution in [2.24, 2.45) is 5.73 Å². The summed E-state index contributed by atoms with van der Waals surface area (Å²) in [5, 5.41) is 6.94. The number of carbonyl (C=O) groups excluding carboxylic acids is 1. The number of hydrogen-bond donors (Lipinski definition) is 2. The molecule has 7 heteroatoms. The van der Waals surface area contributed by atoms with Crippen LogP contribution >= 0.6 is 12.4 Å². The highest BCUT2D eigenvalue weighted by Crippen LogP contribution is 2.20. The van der Waals surface area contributed by atoms with Gasteiger partial charge in [-0.2, -0.15) is 0 Å². The maximum atomic E-state index is 12.6. The van der Waals surface area contributed by atoms with E-state index in [1.165, 1.54) is 0 Å². The Labute approximate surface area is 158 Å². The van der Waals surface area contributed by atoms with Crippen molar-refractivity contribution < 1.29 is 9.32 Å². The second-order valence-electron chi connectivity index (χ2n) is 6.14. The molecule has 1 unspecified atom stereocenters. The van der Waals surface area contributed by atoms with Crippen molar-refractivity contribution in [3.05, 3.63) is 70.7 Å². The highest BCUT2D eigenvalue weighted by molar-refractivity contribution is 5.95. The van der Waals surface area contributed by atoms with E-state index in [2.05, 4.69) is 10.5 Å². The number of nitrogens with one attached hydrogen (secondary N) is 1. The molecule has 2 aromatic heterocycles. The number of nitrogens with two attached hydrogens (primary N) is 1. The van der Waals surface area contributed by atoms with E-state index in [0.717, 1.165) is 22.7 Å².